The monoisotopic (exact) mass is 1270 g/mol. The number of phenols is 4. The number of carbonyl (C=O) groups excluding carboxylic acids is 2. The number of ether oxygens (including phenoxy) is 2. The van der Waals surface area contributed by atoms with E-state index in [0.717, 1.165) is 75.4 Å². The lowest BCUT2D eigenvalue weighted by Gasteiger charge is -2.71. The Hall–Kier alpha value is -5.34. The maximum Gasteiger partial charge on any atom is 0.334 e. The van der Waals surface area contributed by atoms with Crippen molar-refractivity contribution in [1.82, 2.24) is 0 Å². The van der Waals surface area contributed by atoms with Gasteiger partial charge < -0.3 is 50.3 Å². The third kappa shape index (κ3) is 8.93. The minimum Gasteiger partial charge on any atom is -0.504 e. The van der Waals surface area contributed by atoms with E-state index in [1.165, 1.54) is 24.3 Å². The number of aliphatic carboxylic acids is 2. The first-order chi connectivity index (χ1) is 42.9. The van der Waals surface area contributed by atoms with Gasteiger partial charge in [0.2, 0.25) is 0 Å². The predicted molar refractivity (Wildman–Crippen MR) is 349 cm³/mol. The Labute approximate surface area is 545 Å². The van der Waals surface area contributed by atoms with Gasteiger partial charge in [-0.2, -0.15) is 0 Å². The Morgan fingerprint density at radius 2 is 0.946 bits per heavy atom. The van der Waals surface area contributed by atoms with Crippen molar-refractivity contribution in [3.8, 4) is 23.0 Å². The van der Waals surface area contributed by atoms with Crippen LogP contribution in [0.4, 0.5) is 0 Å². The van der Waals surface area contributed by atoms with Crippen molar-refractivity contribution >= 4 is 30.0 Å². The topological polar surface area (TPSA) is 249 Å². The Bertz CT molecular complexity index is 3510. The minimum absolute atomic E-state index is 0.0719. The van der Waals surface area contributed by atoms with Gasteiger partial charge in [0.1, 0.15) is 13.2 Å². The molecule has 8 fully saturated rings. The number of carbonyl (C=O) groups is 4. The van der Waals surface area contributed by atoms with Crippen LogP contribution in [0.3, 0.4) is 0 Å². The SMILES string of the molecule is CC1(C)CCC2(C(=O)O)CCC3(COC(=O)C4=Cc5cc(O)c(O)cc5C(c5ccc(O)c(O)c5)C4C(=O)OCC45CCC6(C(=O)O)CCC(C)(C)CC6C4=CCC4C6(C)CCC(O)C(C)(C)C6CCC45C)C(=CCC4C5(C)CCC(O)C(C)(C)C5CCC43C)C2C1. The standard InChI is InChI=1S/C78H106O14/c1-67(2)27-29-75(65(87)88)31-33-77(47(49(75)39-67)14-17-57-71(9)23-21-59(83)69(5,6)55(71)19-25-73(57,77)11)41-91-63(85)46-35-44-37-53(81)54(82)38-45(44)61(43-13-16-51(79)52(80)36-43)62(46)64(86)92-42-78-34-32-76(66(89)90)30-28-68(3,4)40-50(76)48(78)15-18-58-72(10)24-22-60(84)70(7,8)56(72)20-26-74(58,78)12/h13-16,35-38,49-50,55-62,79-84H,17-34,39-42H2,1-12H3,(H,87,88)(H,89,90). The zero-order chi connectivity index (χ0) is 66.5. The second-order valence-corrected chi connectivity index (χ2v) is 36.1. The molecule has 2 aromatic carbocycles. The number of esters is 2. The van der Waals surface area contributed by atoms with E-state index in [0.29, 0.717) is 80.9 Å². The van der Waals surface area contributed by atoms with Gasteiger partial charge in [0, 0.05) is 16.7 Å². The number of aliphatic hydroxyl groups excluding tert-OH is 2. The fourth-order valence-electron chi connectivity index (χ4n) is 25.2. The quantitative estimate of drug-likeness (QED) is 0.0661. The summed E-state index contributed by atoms with van der Waals surface area (Å²) in [7, 11) is 0. The normalized spacial score (nSPS) is 43.2. The molecule has 11 aliphatic carbocycles. The van der Waals surface area contributed by atoms with Crippen molar-refractivity contribution in [2.75, 3.05) is 13.2 Å². The van der Waals surface area contributed by atoms with Crippen LogP contribution in [0.15, 0.2) is 59.2 Å². The van der Waals surface area contributed by atoms with Crippen molar-refractivity contribution in [2.45, 2.75) is 230 Å². The van der Waals surface area contributed by atoms with Crippen LogP contribution in [-0.4, -0.2) is 90.2 Å². The molecule has 14 nitrogen and oxygen atoms in total. The highest BCUT2D eigenvalue weighted by molar-refractivity contribution is 6.02. The van der Waals surface area contributed by atoms with E-state index in [1.54, 1.807) is 12.1 Å². The first kappa shape index (κ1) is 65.3. The molecule has 8 saturated carbocycles. The molecular weight excluding hydrogens is 1160 g/mol. The summed E-state index contributed by atoms with van der Waals surface area (Å²) in [5.41, 5.74) is -3.17. The first-order valence-corrected chi connectivity index (χ1v) is 35.2. The van der Waals surface area contributed by atoms with Crippen molar-refractivity contribution in [3.05, 3.63) is 75.9 Å². The summed E-state index contributed by atoms with van der Waals surface area (Å²) in [4.78, 5) is 60.9. The number of carboxylic acid groups (broad SMARTS) is 2. The summed E-state index contributed by atoms with van der Waals surface area (Å²) in [5, 5.41) is 91.0. The Kier molecular flexibility index (Phi) is 15.0. The number of allylic oxidation sites excluding steroid dienone is 2. The molecule has 0 aromatic heterocycles. The number of fused-ring (bicyclic) bond motifs is 15. The van der Waals surface area contributed by atoms with Crippen LogP contribution in [0.2, 0.25) is 0 Å². The fraction of sp³-hybridized carbons (Fsp3) is 0.718. The lowest BCUT2D eigenvalue weighted by molar-refractivity contribution is -0.218. The number of hydrogen-bond donors (Lipinski definition) is 8. The molecule has 0 saturated heterocycles. The Morgan fingerprint density at radius 1 is 0.500 bits per heavy atom. The van der Waals surface area contributed by atoms with E-state index >= 15 is 9.59 Å². The molecule has 0 aliphatic heterocycles. The molecule has 0 heterocycles. The summed E-state index contributed by atoms with van der Waals surface area (Å²) < 4.78 is 14.2. The largest absolute Gasteiger partial charge is 0.504 e. The molecular formula is C78H106O14. The second kappa shape index (κ2) is 21.1. The Balaban J connectivity index is 0.932. The smallest absolute Gasteiger partial charge is 0.334 e. The number of aliphatic hydroxyl groups is 2. The number of rotatable bonds is 9. The molecule has 18 unspecified atom stereocenters. The van der Waals surface area contributed by atoms with Crippen molar-refractivity contribution < 1.29 is 69.5 Å². The van der Waals surface area contributed by atoms with E-state index < -0.39 is 103 Å². The third-order valence-electron chi connectivity index (χ3n) is 30.7. The summed E-state index contributed by atoms with van der Waals surface area (Å²) >= 11 is 0. The Morgan fingerprint density at radius 3 is 1.41 bits per heavy atom. The molecule has 92 heavy (non-hydrogen) atoms. The number of benzene rings is 2. The van der Waals surface area contributed by atoms with E-state index in [9.17, 15) is 50.4 Å². The molecule has 11 aliphatic rings. The van der Waals surface area contributed by atoms with Crippen LogP contribution >= 0.6 is 0 Å². The number of aromatic hydroxyl groups is 4. The average Bonchev–Trinajstić information content (AvgIpc) is 0.679. The maximum absolute atomic E-state index is 16.6. The number of hydrogen-bond acceptors (Lipinski definition) is 12. The maximum atomic E-state index is 16.6. The van der Waals surface area contributed by atoms with Gasteiger partial charge >= 0.3 is 23.9 Å². The molecule has 0 spiro atoms. The highest BCUT2D eigenvalue weighted by Gasteiger charge is 2.74. The van der Waals surface area contributed by atoms with E-state index in [2.05, 4.69) is 95.2 Å². The van der Waals surface area contributed by atoms with Crippen molar-refractivity contribution in [3.63, 3.8) is 0 Å². The van der Waals surface area contributed by atoms with Gasteiger partial charge in [0.15, 0.2) is 23.0 Å². The van der Waals surface area contributed by atoms with Crippen LogP contribution in [0, 0.1) is 106 Å². The summed E-state index contributed by atoms with van der Waals surface area (Å²) in [6, 6.07) is 6.95. The molecule has 0 bridgehead atoms. The lowest BCUT2D eigenvalue weighted by Crippen LogP contribution is -2.66. The lowest BCUT2D eigenvalue weighted by atomic mass is 9.33. The number of carboxylic acids is 2. The summed E-state index contributed by atoms with van der Waals surface area (Å²) in [6.45, 7) is 27.0. The first-order valence-electron chi connectivity index (χ1n) is 35.2. The highest BCUT2D eigenvalue weighted by atomic mass is 16.5. The average molecular weight is 1270 g/mol. The van der Waals surface area contributed by atoms with Gasteiger partial charge in [-0.1, -0.05) is 112 Å². The molecule has 13 rings (SSSR count). The van der Waals surface area contributed by atoms with E-state index in [4.69, 9.17) is 9.47 Å². The zero-order valence-corrected chi connectivity index (χ0v) is 57.0. The van der Waals surface area contributed by atoms with Crippen molar-refractivity contribution in [2.24, 2.45) is 106 Å². The zero-order valence-electron chi connectivity index (χ0n) is 57.0. The molecule has 2 aromatic rings. The van der Waals surface area contributed by atoms with Crippen LogP contribution in [-0.2, 0) is 28.7 Å². The molecule has 0 amide bonds. The fourth-order valence-corrected chi connectivity index (χ4v) is 25.2. The van der Waals surface area contributed by atoms with Gasteiger partial charge in [0.25, 0.3) is 0 Å². The van der Waals surface area contributed by atoms with Gasteiger partial charge in [-0.3, -0.25) is 14.4 Å². The molecule has 18 atom stereocenters. The van der Waals surface area contributed by atoms with Crippen LogP contribution in [0.1, 0.15) is 234 Å². The van der Waals surface area contributed by atoms with Gasteiger partial charge in [0.05, 0.1) is 34.5 Å². The predicted octanol–water partition coefficient (Wildman–Crippen LogP) is 15.2. The number of phenolic OH excluding ortho intramolecular Hbond substituents is 4. The van der Waals surface area contributed by atoms with E-state index in [1.807, 2.05) is 0 Å². The molecule has 502 valence electrons. The minimum atomic E-state index is -1.50. The highest BCUT2D eigenvalue weighted by Crippen LogP contribution is 2.79. The molecule has 8 N–H and O–H groups in total. The third-order valence-corrected chi connectivity index (χ3v) is 30.7. The van der Waals surface area contributed by atoms with E-state index in [-0.39, 0.29) is 86.8 Å². The van der Waals surface area contributed by atoms with Crippen molar-refractivity contribution in [1.29, 1.82) is 0 Å². The van der Waals surface area contributed by atoms with Crippen LogP contribution in [0.5, 0.6) is 23.0 Å². The molecule has 14 heteroatoms. The van der Waals surface area contributed by atoms with Gasteiger partial charge in [-0.25, -0.2) is 4.79 Å². The summed E-state index contributed by atoms with van der Waals surface area (Å²) in [6.07, 6.45) is 18.5. The van der Waals surface area contributed by atoms with Gasteiger partial charge in [-0.05, 0) is 254 Å². The molecule has 0 radical (unpaired) electrons. The second-order valence-electron chi connectivity index (χ2n) is 36.1. The van der Waals surface area contributed by atoms with Gasteiger partial charge in [-0.15, -0.1) is 0 Å². The summed E-state index contributed by atoms with van der Waals surface area (Å²) in [5.74, 6) is -7.74. The van der Waals surface area contributed by atoms with Crippen LogP contribution < -0.4 is 0 Å². The van der Waals surface area contributed by atoms with Crippen LogP contribution in [0.25, 0.3) is 6.08 Å².